The van der Waals surface area contributed by atoms with Crippen LogP contribution in [0.1, 0.15) is 25.1 Å². The lowest BCUT2D eigenvalue weighted by Gasteiger charge is -2.18. The molecule has 7 nitrogen and oxygen atoms in total. The second kappa shape index (κ2) is 11.2. The fraction of sp³-hybridized carbons (Fsp3) is 0.450. The molecule has 1 heterocycles. The first kappa shape index (κ1) is 22.4. The van der Waals surface area contributed by atoms with E-state index in [1.165, 1.54) is 6.07 Å². The zero-order valence-corrected chi connectivity index (χ0v) is 17.5. The summed E-state index contributed by atoms with van der Waals surface area (Å²) in [5.41, 5.74) is 1.54. The molecule has 0 saturated carbocycles. The Morgan fingerprint density at radius 2 is 1.71 bits per heavy atom. The molecule has 154 valence electrons. The van der Waals surface area contributed by atoms with E-state index in [9.17, 15) is 9.36 Å². The van der Waals surface area contributed by atoms with Crippen molar-refractivity contribution in [2.75, 3.05) is 26.2 Å². The van der Waals surface area contributed by atoms with Crippen molar-refractivity contribution in [2.45, 2.75) is 33.9 Å². The van der Waals surface area contributed by atoms with Crippen LogP contribution in [-0.2, 0) is 31.5 Å². The summed E-state index contributed by atoms with van der Waals surface area (Å²) < 4.78 is 35.9. The number of pyridine rings is 1. The van der Waals surface area contributed by atoms with Gasteiger partial charge in [-0.3, -0.25) is 9.36 Å². The standard InChI is InChI=1S/C20H28NO6P/c1-4-26-28(23,27-5-2)16-24-14-13-21-12-11-19(22)20(17(21)3)25-15-18-9-7-6-8-10-18/h6-12H,4-5,13-16H2,1-3H3. The quantitative estimate of drug-likeness (QED) is 0.390. The summed E-state index contributed by atoms with van der Waals surface area (Å²) in [5.74, 6) is 0.320. The van der Waals surface area contributed by atoms with Crippen molar-refractivity contribution in [1.82, 2.24) is 4.57 Å². The van der Waals surface area contributed by atoms with Crippen LogP contribution in [0.3, 0.4) is 0 Å². The summed E-state index contributed by atoms with van der Waals surface area (Å²) in [6.45, 7) is 7.02. The molecule has 0 fully saturated rings. The number of nitrogens with zero attached hydrogens (tertiary/aromatic N) is 1. The molecule has 0 unspecified atom stereocenters. The Hall–Kier alpha value is -1.92. The van der Waals surface area contributed by atoms with Crippen LogP contribution in [0.25, 0.3) is 0 Å². The molecule has 0 aliphatic rings. The van der Waals surface area contributed by atoms with Gasteiger partial charge in [-0.05, 0) is 26.3 Å². The van der Waals surface area contributed by atoms with Gasteiger partial charge in [0, 0.05) is 18.8 Å². The van der Waals surface area contributed by atoms with Crippen LogP contribution in [-0.4, -0.2) is 30.7 Å². The highest BCUT2D eigenvalue weighted by Crippen LogP contribution is 2.47. The molecule has 2 rings (SSSR count). The highest BCUT2D eigenvalue weighted by atomic mass is 31.2. The van der Waals surface area contributed by atoms with Crippen LogP contribution in [0.15, 0.2) is 47.4 Å². The molecule has 0 N–H and O–H groups in total. The molecule has 28 heavy (non-hydrogen) atoms. The van der Waals surface area contributed by atoms with E-state index in [1.807, 2.05) is 41.8 Å². The molecular weight excluding hydrogens is 381 g/mol. The molecule has 0 bridgehead atoms. The maximum Gasteiger partial charge on any atom is 0.356 e. The van der Waals surface area contributed by atoms with Crippen LogP contribution < -0.4 is 10.2 Å². The summed E-state index contributed by atoms with van der Waals surface area (Å²) >= 11 is 0. The van der Waals surface area contributed by atoms with Crippen LogP contribution in [0.5, 0.6) is 5.75 Å². The summed E-state index contributed by atoms with van der Waals surface area (Å²) in [7, 11) is -3.22. The van der Waals surface area contributed by atoms with Crippen molar-refractivity contribution in [3.05, 3.63) is 64.1 Å². The monoisotopic (exact) mass is 409 g/mol. The van der Waals surface area contributed by atoms with Crippen molar-refractivity contribution in [3.8, 4) is 5.75 Å². The maximum atomic E-state index is 12.4. The Morgan fingerprint density at radius 1 is 1.04 bits per heavy atom. The van der Waals surface area contributed by atoms with Gasteiger partial charge in [0.15, 0.2) is 5.75 Å². The molecular formula is C20H28NO6P. The third-order valence-electron chi connectivity index (χ3n) is 3.99. The van der Waals surface area contributed by atoms with Gasteiger partial charge in [0.05, 0.1) is 25.5 Å². The van der Waals surface area contributed by atoms with E-state index in [-0.39, 0.29) is 11.8 Å². The molecule has 8 heteroatoms. The van der Waals surface area contributed by atoms with Crippen LogP contribution in [0, 0.1) is 6.92 Å². The van der Waals surface area contributed by atoms with Crippen LogP contribution in [0.2, 0.25) is 0 Å². The van der Waals surface area contributed by atoms with E-state index in [0.717, 1.165) is 5.56 Å². The lowest BCUT2D eigenvalue weighted by Crippen LogP contribution is -2.17. The predicted molar refractivity (Wildman–Crippen MR) is 108 cm³/mol. The highest BCUT2D eigenvalue weighted by molar-refractivity contribution is 7.53. The number of aromatic nitrogens is 1. The molecule has 1 aromatic heterocycles. The number of hydrogen-bond donors (Lipinski definition) is 0. The van der Waals surface area contributed by atoms with Gasteiger partial charge >= 0.3 is 7.60 Å². The highest BCUT2D eigenvalue weighted by Gasteiger charge is 2.23. The Bertz CT molecular complexity index is 826. The SMILES string of the molecule is CCOP(=O)(COCCn1ccc(=O)c(OCc2ccccc2)c1C)OCC. The van der Waals surface area contributed by atoms with Crippen LogP contribution in [0.4, 0.5) is 0 Å². The summed E-state index contributed by atoms with van der Waals surface area (Å²) in [5, 5.41) is 0. The fourth-order valence-corrected chi connectivity index (χ4v) is 4.01. The minimum atomic E-state index is -3.22. The first-order valence-corrected chi connectivity index (χ1v) is 11.0. The zero-order valence-electron chi connectivity index (χ0n) is 16.6. The minimum absolute atomic E-state index is 0.106. The van der Waals surface area contributed by atoms with Gasteiger partial charge in [-0.25, -0.2) is 0 Å². The molecule has 0 spiro atoms. The Balaban J connectivity index is 1.95. The molecule has 0 aliphatic heterocycles. The van der Waals surface area contributed by atoms with Crippen molar-refractivity contribution >= 4 is 7.60 Å². The molecule has 0 radical (unpaired) electrons. The average molecular weight is 409 g/mol. The molecule has 0 aliphatic carbocycles. The summed E-state index contributed by atoms with van der Waals surface area (Å²) in [6, 6.07) is 11.1. The fourth-order valence-electron chi connectivity index (χ4n) is 2.65. The van der Waals surface area contributed by atoms with Gasteiger partial charge in [0.2, 0.25) is 5.43 Å². The lowest BCUT2D eigenvalue weighted by molar-refractivity contribution is 0.126. The molecule has 0 atom stereocenters. The molecule has 1 aromatic carbocycles. The molecule has 0 saturated heterocycles. The lowest BCUT2D eigenvalue weighted by atomic mass is 10.2. The topological polar surface area (TPSA) is 76.0 Å². The van der Waals surface area contributed by atoms with Crippen molar-refractivity contribution in [1.29, 1.82) is 0 Å². The number of rotatable bonds is 12. The summed E-state index contributed by atoms with van der Waals surface area (Å²) in [6.07, 6.45) is 1.59. The Labute approximate surface area is 165 Å². The third kappa shape index (κ3) is 6.60. The van der Waals surface area contributed by atoms with Crippen molar-refractivity contribution < 1.29 is 23.1 Å². The van der Waals surface area contributed by atoms with E-state index in [2.05, 4.69) is 0 Å². The normalized spacial score (nSPS) is 11.5. The van der Waals surface area contributed by atoms with E-state index < -0.39 is 7.60 Å². The molecule has 0 amide bonds. The van der Waals surface area contributed by atoms with Crippen LogP contribution >= 0.6 is 7.60 Å². The van der Waals surface area contributed by atoms with E-state index in [0.29, 0.717) is 44.4 Å². The second-order valence-corrected chi connectivity index (χ2v) is 8.04. The first-order chi connectivity index (χ1) is 13.5. The predicted octanol–water partition coefficient (Wildman–Crippen LogP) is 3.98. The number of benzene rings is 1. The van der Waals surface area contributed by atoms with Gasteiger partial charge in [-0.1, -0.05) is 30.3 Å². The number of hydrogen-bond acceptors (Lipinski definition) is 6. The Kier molecular flexibility index (Phi) is 8.93. The summed E-state index contributed by atoms with van der Waals surface area (Å²) in [4.78, 5) is 12.2. The van der Waals surface area contributed by atoms with E-state index in [4.69, 9.17) is 18.5 Å². The largest absolute Gasteiger partial charge is 0.483 e. The average Bonchev–Trinajstić information content (AvgIpc) is 2.68. The third-order valence-corrected chi connectivity index (χ3v) is 5.79. The zero-order chi connectivity index (χ0) is 20.4. The van der Waals surface area contributed by atoms with Gasteiger partial charge in [-0.15, -0.1) is 0 Å². The minimum Gasteiger partial charge on any atom is -0.483 e. The first-order valence-electron chi connectivity index (χ1n) is 9.31. The molecule has 2 aromatic rings. The van der Waals surface area contributed by atoms with Gasteiger partial charge in [0.1, 0.15) is 13.0 Å². The van der Waals surface area contributed by atoms with E-state index >= 15 is 0 Å². The second-order valence-electron chi connectivity index (χ2n) is 6.05. The van der Waals surface area contributed by atoms with Gasteiger partial charge in [-0.2, -0.15) is 0 Å². The Morgan fingerprint density at radius 3 is 2.36 bits per heavy atom. The van der Waals surface area contributed by atoms with Gasteiger partial charge < -0.3 is 23.1 Å². The smallest absolute Gasteiger partial charge is 0.356 e. The number of ether oxygens (including phenoxy) is 2. The van der Waals surface area contributed by atoms with Crippen molar-refractivity contribution in [3.63, 3.8) is 0 Å². The van der Waals surface area contributed by atoms with Gasteiger partial charge in [0.25, 0.3) is 0 Å². The van der Waals surface area contributed by atoms with E-state index in [1.54, 1.807) is 20.0 Å². The van der Waals surface area contributed by atoms with Crippen molar-refractivity contribution in [2.24, 2.45) is 0 Å². The maximum absolute atomic E-state index is 12.4.